The molecule has 1 heterocycles. The van der Waals surface area contributed by atoms with E-state index in [0.29, 0.717) is 25.0 Å². The molecule has 0 N–H and O–H groups in total. The molecule has 24 heavy (non-hydrogen) atoms. The number of ether oxygens (including phenoxy) is 1. The van der Waals surface area contributed by atoms with Crippen LogP contribution in [-0.2, 0) is 17.1 Å². The van der Waals surface area contributed by atoms with Gasteiger partial charge in [0.1, 0.15) is 11.4 Å². The van der Waals surface area contributed by atoms with Crippen LogP contribution in [0.1, 0.15) is 24.1 Å². The first-order valence-electron chi connectivity index (χ1n) is 6.87. The van der Waals surface area contributed by atoms with E-state index >= 15 is 0 Å². The summed E-state index contributed by atoms with van der Waals surface area (Å²) in [6, 6.07) is 3.23. The Morgan fingerprint density at radius 1 is 1.08 bits per heavy atom. The van der Waals surface area contributed by atoms with Crippen LogP contribution in [0.5, 0.6) is 5.75 Å². The SMILES string of the molecule is O=C(Oc1cc(C(F)(F)F)nc2c(C(F)(F)F)cccc12)C1CC1. The zero-order valence-electron chi connectivity index (χ0n) is 11.8. The molecule has 0 bridgehead atoms. The molecule has 0 atom stereocenters. The van der Waals surface area contributed by atoms with Crippen LogP contribution in [-0.4, -0.2) is 11.0 Å². The molecule has 2 aromatic rings. The fourth-order valence-electron chi connectivity index (χ4n) is 2.19. The average molecular weight is 349 g/mol. The minimum Gasteiger partial charge on any atom is -0.426 e. The monoisotopic (exact) mass is 349 g/mol. The third-order valence-corrected chi connectivity index (χ3v) is 3.52. The lowest BCUT2D eigenvalue weighted by Gasteiger charge is -2.15. The molecule has 0 spiro atoms. The van der Waals surface area contributed by atoms with Gasteiger partial charge in [-0.2, -0.15) is 26.3 Å². The minimum atomic E-state index is -4.98. The van der Waals surface area contributed by atoms with E-state index in [4.69, 9.17) is 4.74 Å². The summed E-state index contributed by atoms with van der Waals surface area (Å²) in [5, 5.41) is -0.299. The molecule has 128 valence electrons. The molecule has 1 fully saturated rings. The van der Waals surface area contributed by atoms with Crippen LogP contribution in [0.25, 0.3) is 10.9 Å². The molecule has 1 aromatic heterocycles. The van der Waals surface area contributed by atoms with Gasteiger partial charge in [0.05, 0.1) is 17.0 Å². The van der Waals surface area contributed by atoms with Crippen molar-refractivity contribution in [3.8, 4) is 5.75 Å². The summed E-state index contributed by atoms with van der Waals surface area (Å²) in [5.41, 5.74) is -3.78. The summed E-state index contributed by atoms with van der Waals surface area (Å²) in [6.07, 6.45) is -8.79. The lowest BCUT2D eigenvalue weighted by Crippen LogP contribution is -2.15. The Labute approximate surface area is 131 Å². The van der Waals surface area contributed by atoms with Gasteiger partial charge in [-0.3, -0.25) is 4.79 Å². The largest absolute Gasteiger partial charge is 0.433 e. The molecule has 3 rings (SSSR count). The summed E-state index contributed by atoms with van der Waals surface area (Å²) < 4.78 is 82.9. The van der Waals surface area contributed by atoms with Crippen molar-refractivity contribution < 1.29 is 35.9 Å². The first-order chi connectivity index (χ1) is 11.1. The van der Waals surface area contributed by atoms with E-state index in [-0.39, 0.29) is 5.39 Å². The van der Waals surface area contributed by atoms with Gasteiger partial charge in [-0.05, 0) is 25.0 Å². The average Bonchev–Trinajstić information content (AvgIpc) is 3.29. The number of pyridine rings is 1. The standard InChI is InChI=1S/C15H9F6NO2/c16-14(17,18)9-3-1-2-8-10(24-13(23)7-4-5-7)6-11(15(19,20)21)22-12(8)9/h1-3,6-7H,4-5H2. The molecular weight excluding hydrogens is 340 g/mol. The Morgan fingerprint density at radius 3 is 2.29 bits per heavy atom. The third kappa shape index (κ3) is 3.15. The number of alkyl halides is 6. The number of hydrogen-bond acceptors (Lipinski definition) is 3. The first kappa shape index (κ1) is 16.5. The second-order valence-corrected chi connectivity index (χ2v) is 5.40. The van der Waals surface area contributed by atoms with E-state index in [1.54, 1.807) is 0 Å². The summed E-state index contributed by atoms with van der Waals surface area (Å²) in [5.74, 6) is -1.75. The summed E-state index contributed by atoms with van der Waals surface area (Å²) >= 11 is 0. The molecule has 0 aliphatic heterocycles. The van der Waals surface area contributed by atoms with Crippen LogP contribution < -0.4 is 4.74 Å². The van der Waals surface area contributed by atoms with Crippen molar-refractivity contribution in [1.82, 2.24) is 4.98 Å². The molecule has 0 amide bonds. The smallest absolute Gasteiger partial charge is 0.426 e. The number of carbonyl (C=O) groups excluding carboxylic acids is 1. The van der Waals surface area contributed by atoms with E-state index in [0.717, 1.165) is 12.1 Å². The lowest BCUT2D eigenvalue weighted by atomic mass is 10.1. The molecule has 1 aromatic carbocycles. The van der Waals surface area contributed by atoms with Crippen LogP contribution in [0, 0.1) is 5.92 Å². The second-order valence-electron chi connectivity index (χ2n) is 5.40. The number of halogens is 6. The quantitative estimate of drug-likeness (QED) is 0.588. The van der Waals surface area contributed by atoms with Crippen LogP contribution in [0.3, 0.4) is 0 Å². The predicted octanol–water partition coefficient (Wildman–Crippen LogP) is 4.59. The number of rotatable bonds is 2. The molecule has 1 aliphatic rings. The molecule has 9 heteroatoms. The van der Waals surface area contributed by atoms with Gasteiger partial charge in [0.25, 0.3) is 0 Å². The second kappa shape index (κ2) is 5.35. The topological polar surface area (TPSA) is 39.2 Å². The Hall–Kier alpha value is -2.32. The summed E-state index contributed by atoms with van der Waals surface area (Å²) in [4.78, 5) is 14.8. The van der Waals surface area contributed by atoms with Gasteiger partial charge in [0.15, 0.2) is 0 Å². The Balaban J connectivity index is 2.22. The number of esters is 1. The van der Waals surface area contributed by atoms with Crippen LogP contribution >= 0.6 is 0 Å². The highest BCUT2D eigenvalue weighted by atomic mass is 19.4. The first-order valence-corrected chi connectivity index (χ1v) is 6.87. The zero-order chi connectivity index (χ0) is 17.7. The Bertz CT molecular complexity index is 808. The molecule has 0 radical (unpaired) electrons. The van der Waals surface area contributed by atoms with Gasteiger partial charge in [-0.1, -0.05) is 6.07 Å². The highest BCUT2D eigenvalue weighted by Crippen LogP contribution is 2.40. The molecule has 0 saturated heterocycles. The van der Waals surface area contributed by atoms with Gasteiger partial charge >= 0.3 is 18.3 Å². The van der Waals surface area contributed by atoms with Gasteiger partial charge in [-0.25, -0.2) is 4.98 Å². The normalized spacial score (nSPS) is 15.6. The predicted molar refractivity (Wildman–Crippen MR) is 70.1 cm³/mol. The van der Waals surface area contributed by atoms with Gasteiger partial charge in [-0.15, -0.1) is 0 Å². The molecule has 1 aliphatic carbocycles. The maximum absolute atomic E-state index is 13.0. The summed E-state index contributed by atoms with van der Waals surface area (Å²) in [7, 11) is 0. The number of benzene rings is 1. The van der Waals surface area contributed by atoms with Crippen molar-refractivity contribution in [2.24, 2.45) is 5.92 Å². The van der Waals surface area contributed by atoms with Gasteiger partial charge in [0.2, 0.25) is 0 Å². The third-order valence-electron chi connectivity index (χ3n) is 3.52. The number of carbonyl (C=O) groups is 1. The zero-order valence-corrected chi connectivity index (χ0v) is 11.8. The van der Waals surface area contributed by atoms with Crippen molar-refractivity contribution in [2.45, 2.75) is 25.2 Å². The fraction of sp³-hybridized carbons (Fsp3) is 0.333. The molecule has 3 nitrogen and oxygen atoms in total. The lowest BCUT2D eigenvalue weighted by molar-refractivity contribution is -0.142. The number of nitrogens with zero attached hydrogens (tertiary/aromatic N) is 1. The van der Waals surface area contributed by atoms with E-state index in [1.807, 2.05) is 0 Å². The minimum absolute atomic E-state index is 0.299. The van der Waals surface area contributed by atoms with Crippen molar-refractivity contribution in [2.75, 3.05) is 0 Å². The molecular formula is C15H9F6NO2. The number of aromatic nitrogens is 1. The van der Waals surface area contributed by atoms with Crippen molar-refractivity contribution in [1.29, 1.82) is 0 Å². The number of fused-ring (bicyclic) bond motifs is 1. The van der Waals surface area contributed by atoms with E-state index in [1.165, 1.54) is 0 Å². The number of para-hydroxylation sites is 1. The van der Waals surface area contributed by atoms with E-state index < -0.39 is 46.8 Å². The fourth-order valence-corrected chi connectivity index (χ4v) is 2.19. The highest BCUT2D eigenvalue weighted by Gasteiger charge is 2.38. The van der Waals surface area contributed by atoms with Crippen LogP contribution in [0.2, 0.25) is 0 Å². The van der Waals surface area contributed by atoms with Crippen molar-refractivity contribution in [3.63, 3.8) is 0 Å². The van der Waals surface area contributed by atoms with Crippen LogP contribution in [0.4, 0.5) is 26.3 Å². The van der Waals surface area contributed by atoms with Gasteiger partial charge < -0.3 is 4.74 Å². The Morgan fingerprint density at radius 2 is 1.75 bits per heavy atom. The highest BCUT2D eigenvalue weighted by molar-refractivity contribution is 5.91. The van der Waals surface area contributed by atoms with Gasteiger partial charge in [0, 0.05) is 11.5 Å². The maximum Gasteiger partial charge on any atom is 0.433 e. The Kier molecular flexibility index (Phi) is 3.69. The van der Waals surface area contributed by atoms with Crippen molar-refractivity contribution >= 4 is 16.9 Å². The maximum atomic E-state index is 13.0. The van der Waals surface area contributed by atoms with Crippen LogP contribution in [0.15, 0.2) is 24.3 Å². The molecule has 0 unspecified atom stereocenters. The van der Waals surface area contributed by atoms with Crippen molar-refractivity contribution in [3.05, 3.63) is 35.5 Å². The van der Waals surface area contributed by atoms with E-state index in [2.05, 4.69) is 4.98 Å². The molecule has 1 saturated carbocycles. The van der Waals surface area contributed by atoms with E-state index in [9.17, 15) is 31.1 Å². The summed E-state index contributed by atoms with van der Waals surface area (Å²) in [6.45, 7) is 0. The number of hydrogen-bond donors (Lipinski definition) is 0.